The van der Waals surface area contributed by atoms with Crippen molar-refractivity contribution in [1.29, 1.82) is 0 Å². The van der Waals surface area contributed by atoms with Gasteiger partial charge < -0.3 is 9.42 Å². The van der Waals surface area contributed by atoms with Crippen LogP contribution in [0.15, 0.2) is 47.2 Å². The standard InChI is InChI=1S/C18H18N4O2/c1-12-17(13(2)24-20-12)18(23)21-11-15(22-9-5-8-19-22)10-14-6-3-4-7-16(14)21/h3-9,15H,10-11H2,1-2H3. The Kier molecular flexibility index (Phi) is 3.45. The summed E-state index contributed by atoms with van der Waals surface area (Å²) in [6.45, 7) is 4.14. The van der Waals surface area contributed by atoms with Crippen LogP contribution in [0.2, 0.25) is 0 Å². The fraction of sp³-hybridized carbons (Fsp3) is 0.278. The Hall–Kier alpha value is -2.89. The molecule has 1 aliphatic heterocycles. The minimum atomic E-state index is -0.0736. The Morgan fingerprint density at radius 3 is 2.79 bits per heavy atom. The lowest BCUT2D eigenvalue weighted by Crippen LogP contribution is -2.41. The predicted octanol–water partition coefficient (Wildman–Crippen LogP) is 2.93. The highest BCUT2D eigenvalue weighted by Crippen LogP contribution is 2.33. The lowest BCUT2D eigenvalue weighted by Gasteiger charge is -2.34. The van der Waals surface area contributed by atoms with E-state index in [4.69, 9.17) is 4.52 Å². The third kappa shape index (κ3) is 2.31. The number of benzene rings is 1. The predicted molar refractivity (Wildman–Crippen MR) is 89.1 cm³/mol. The molecule has 0 N–H and O–H groups in total. The number of carbonyl (C=O) groups is 1. The van der Waals surface area contributed by atoms with Crippen molar-refractivity contribution in [2.45, 2.75) is 26.3 Å². The molecule has 0 saturated heterocycles. The highest BCUT2D eigenvalue weighted by atomic mass is 16.5. The van der Waals surface area contributed by atoms with Crippen LogP contribution >= 0.6 is 0 Å². The first-order chi connectivity index (χ1) is 11.6. The minimum absolute atomic E-state index is 0.0736. The van der Waals surface area contributed by atoms with E-state index in [1.54, 1.807) is 20.0 Å². The van der Waals surface area contributed by atoms with Crippen molar-refractivity contribution in [2.24, 2.45) is 0 Å². The van der Waals surface area contributed by atoms with E-state index < -0.39 is 0 Å². The fourth-order valence-electron chi connectivity index (χ4n) is 3.36. The highest BCUT2D eigenvalue weighted by Gasteiger charge is 2.32. The molecule has 4 rings (SSSR count). The maximum atomic E-state index is 13.2. The number of rotatable bonds is 2. The summed E-state index contributed by atoms with van der Waals surface area (Å²) in [4.78, 5) is 15.0. The van der Waals surface area contributed by atoms with Gasteiger partial charge in [-0.3, -0.25) is 9.48 Å². The zero-order valence-electron chi connectivity index (χ0n) is 13.6. The molecule has 6 heteroatoms. The van der Waals surface area contributed by atoms with Gasteiger partial charge in [-0.05, 0) is 38.0 Å². The Bertz CT molecular complexity index is 863. The summed E-state index contributed by atoms with van der Waals surface area (Å²) in [5, 5.41) is 8.27. The van der Waals surface area contributed by atoms with Crippen molar-refractivity contribution in [3.63, 3.8) is 0 Å². The van der Waals surface area contributed by atoms with Gasteiger partial charge in [0.05, 0.1) is 11.7 Å². The van der Waals surface area contributed by atoms with E-state index in [9.17, 15) is 4.79 Å². The van der Waals surface area contributed by atoms with E-state index in [-0.39, 0.29) is 11.9 Å². The zero-order valence-corrected chi connectivity index (χ0v) is 13.6. The maximum absolute atomic E-state index is 13.2. The summed E-state index contributed by atoms with van der Waals surface area (Å²) < 4.78 is 7.10. The monoisotopic (exact) mass is 322 g/mol. The third-order valence-electron chi connectivity index (χ3n) is 4.52. The summed E-state index contributed by atoms with van der Waals surface area (Å²) in [6, 6.07) is 10.0. The number of nitrogens with zero attached hydrogens (tertiary/aromatic N) is 4. The van der Waals surface area contributed by atoms with Crippen LogP contribution in [0.1, 0.15) is 33.4 Å². The lowest BCUT2D eigenvalue weighted by molar-refractivity contribution is 0.0978. The summed E-state index contributed by atoms with van der Waals surface area (Å²) in [5.41, 5.74) is 3.26. The molecule has 1 aromatic carbocycles. The first kappa shape index (κ1) is 14.7. The molecule has 0 aliphatic carbocycles. The van der Waals surface area contributed by atoms with Crippen LogP contribution in [0.3, 0.4) is 0 Å². The van der Waals surface area contributed by atoms with Crippen LogP contribution in [-0.4, -0.2) is 27.4 Å². The normalized spacial score (nSPS) is 16.9. The van der Waals surface area contributed by atoms with E-state index in [1.807, 2.05) is 40.0 Å². The quantitative estimate of drug-likeness (QED) is 0.727. The van der Waals surface area contributed by atoms with Crippen LogP contribution in [0.4, 0.5) is 5.69 Å². The second kappa shape index (κ2) is 5.63. The molecule has 0 bridgehead atoms. The number of aromatic nitrogens is 3. The average Bonchev–Trinajstić information content (AvgIpc) is 3.23. The molecular formula is C18H18N4O2. The number of amides is 1. The van der Waals surface area contributed by atoms with Crippen LogP contribution in [0.25, 0.3) is 0 Å². The van der Waals surface area contributed by atoms with Crippen molar-refractivity contribution < 1.29 is 9.32 Å². The Labute approximate surface area is 139 Å². The summed E-state index contributed by atoms with van der Waals surface area (Å²) in [7, 11) is 0. The third-order valence-corrected chi connectivity index (χ3v) is 4.52. The molecule has 1 amide bonds. The molecule has 0 fully saturated rings. The molecule has 1 unspecified atom stereocenters. The number of carbonyl (C=O) groups excluding carboxylic acids is 1. The van der Waals surface area contributed by atoms with E-state index >= 15 is 0 Å². The molecule has 0 radical (unpaired) electrons. The first-order valence-corrected chi connectivity index (χ1v) is 7.97. The zero-order chi connectivity index (χ0) is 16.7. The van der Waals surface area contributed by atoms with Crippen LogP contribution in [-0.2, 0) is 6.42 Å². The van der Waals surface area contributed by atoms with Crippen molar-refractivity contribution in [3.8, 4) is 0 Å². The molecule has 6 nitrogen and oxygen atoms in total. The number of hydrogen-bond acceptors (Lipinski definition) is 4. The molecule has 0 saturated carbocycles. The summed E-state index contributed by atoms with van der Waals surface area (Å²) >= 11 is 0. The number of para-hydroxylation sites is 1. The number of hydrogen-bond donors (Lipinski definition) is 0. The number of aryl methyl sites for hydroxylation is 2. The van der Waals surface area contributed by atoms with Gasteiger partial charge in [-0.2, -0.15) is 5.10 Å². The Morgan fingerprint density at radius 1 is 1.25 bits per heavy atom. The Balaban J connectivity index is 1.77. The molecule has 1 atom stereocenters. The van der Waals surface area contributed by atoms with Gasteiger partial charge in [0.15, 0.2) is 0 Å². The van der Waals surface area contributed by atoms with E-state index in [2.05, 4.69) is 16.3 Å². The highest BCUT2D eigenvalue weighted by molar-refractivity contribution is 6.08. The second-order valence-electron chi connectivity index (χ2n) is 6.09. The van der Waals surface area contributed by atoms with E-state index in [0.29, 0.717) is 23.6 Å². The molecule has 122 valence electrons. The molecule has 0 spiro atoms. The van der Waals surface area contributed by atoms with Crippen molar-refractivity contribution in [2.75, 3.05) is 11.4 Å². The van der Waals surface area contributed by atoms with Crippen LogP contribution < -0.4 is 4.90 Å². The molecule has 1 aliphatic rings. The van der Waals surface area contributed by atoms with Gasteiger partial charge in [-0.25, -0.2) is 0 Å². The lowest BCUT2D eigenvalue weighted by atomic mass is 9.97. The molecule has 3 aromatic rings. The van der Waals surface area contributed by atoms with Gasteiger partial charge in [0.2, 0.25) is 0 Å². The van der Waals surface area contributed by atoms with Gasteiger partial charge in [0.25, 0.3) is 5.91 Å². The van der Waals surface area contributed by atoms with Crippen LogP contribution in [0.5, 0.6) is 0 Å². The largest absolute Gasteiger partial charge is 0.361 e. The van der Waals surface area contributed by atoms with Crippen molar-refractivity contribution in [1.82, 2.24) is 14.9 Å². The average molecular weight is 322 g/mol. The summed E-state index contributed by atoms with van der Waals surface area (Å²) in [6.07, 6.45) is 4.56. The molecule has 3 heterocycles. The SMILES string of the molecule is Cc1noc(C)c1C(=O)N1CC(n2cccn2)Cc2ccccc21. The van der Waals surface area contributed by atoms with Gasteiger partial charge in [0, 0.05) is 24.6 Å². The summed E-state index contributed by atoms with van der Waals surface area (Å²) in [5.74, 6) is 0.478. The Morgan fingerprint density at radius 2 is 2.08 bits per heavy atom. The minimum Gasteiger partial charge on any atom is -0.361 e. The molecular weight excluding hydrogens is 304 g/mol. The first-order valence-electron chi connectivity index (χ1n) is 7.97. The van der Waals surface area contributed by atoms with Gasteiger partial charge in [-0.1, -0.05) is 23.4 Å². The smallest absolute Gasteiger partial charge is 0.263 e. The van der Waals surface area contributed by atoms with Crippen LogP contribution in [0, 0.1) is 13.8 Å². The topological polar surface area (TPSA) is 64.2 Å². The van der Waals surface area contributed by atoms with Gasteiger partial charge in [-0.15, -0.1) is 0 Å². The second-order valence-corrected chi connectivity index (χ2v) is 6.09. The van der Waals surface area contributed by atoms with E-state index in [1.165, 1.54) is 0 Å². The van der Waals surface area contributed by atoms with Gasteiger partial charge in [0.1, 0.15) is 11.3 Å². The van der Waals surface area contributed by atoms with Crippen molar-refractivity contribution >= 4 is 11.6 Å². The number of fused-ring (bicyclic) bond motifs is 1. The maximum Gasteiger partial charge on any atom is 0.263 e. The fourth-order valence-corrected chi connectivity index (χ4v) is 3.36. The van der Waals surface area contributed by atoms with Crippen molar-refractivity contribution in [3.05, 3.63) is 65.3 Å². The van der Waals surface area contributed by atoms with Gasteiger partial charge >= 0.3 is 0 Å². The molecule has 2 aromatic heterocycles. The van der Waals surface area contributed by atoms with E-state index in [0.717, 1.165) is 17.7 Å². The molecule has 24 heavy (non-hydrogen) atoms. The number of anilines is 1.